The number of carbonyl (C=O) groups is 1. The van der Waals surface area contributed by atoms with Crippen molar-refractivity contribution in [1.29, 1.82) is 0 Å². The Bertz CT molecular complexity index is 1460. The molecule has 3 aliphatic rings. The van der Waals surface area contributed by atoms with Crippen LogP contribution in [0.3, 0.4) is 0 Å². The second kappa shape index (κ2) is 10.8. The van der Waals surface area contributed by atoms with Crippen LogP contribution in [0.4, 0.5) is 8.78 Å². The van der Waals surface area contributed by atoms with Crippen molar-refractivity contribution in [2.45, 2.75) is 17.1 Å². The number of hydrogen-bond acceptors (Lipinski definition) is 5. The molecular weight excluding hydrogens is 859 g/mol. The standard InChI is InChI=1S/C26H19F2I3O6S/c27-26(28,38(33,34)35)12-36-11-18-21-14-5-1-3-7-16(14)22(17-8-4-2-6-15(17)21)23(18)25(32)37-24-19(30)9-13(29)10-20(24)31/h1-10,18,21-23H,11-12H2,(H,33,34,35). The van der Waals surface area contributed by atoms with Gasteiger partial charge >= 0.3 is 21.3 Å². The van der Waals surface area contributed by atoms with Gasteiger partial charge in [0.25, 0.3) is 0 Å². The third-order valence-electron chi connectivity index (χ3n) is 6.98. The third kappa shape index (κ3) is 5.12. The molecule has 0 amide bonds. The third-order valence-corrected chi connectivity index (χ3v) is 10.1. The van der Waals surface area contributed by atoms with Gasteiger partial charge in [0, 0.05) is 21.3 Å². The summed E-state index contributed by atoms with van der Waals surface area (Å²) >= 11 is 6.40. The summed E-state index contributed by atoms with van der Waals surface area (Å²) < 4.78 is 72.7. The number of hydrogen-bond donors (Lipinski definition) is 1. The van der Waals surface area contributed by atoms with E-state index in [0.717, 1.165) is 33.0 Å². The number of alkyl halides is 2. The van der Waals surface area contributed by atoms with Gasteiger partial charge < -0.3 is 9.47 Å². The van der Waals surface area contributed by atoms with Gasteiger partial charge in [-0.05, 0) is 102 Å². The summed E-state index contributed by atoms with van der Waals surface area (Å²) in [5.74, 6) is -2.26. The Morgan fingerprint density at radius 3 is 1.84 bits per heavy atom. The molecule has 0 aliphatic heterocycles. The highest BCUT2D eigenvalue weighted by Crippen LogP contribution is 2.58. The monoisotopic (exact) mass is 878 g/mol. The first-order chi connectivity index (χ1) is 17.9. The summed E-state index contributed by atoms with van der Waals surface area (Å²) in [5, 5.41) is -4.47. The maximum atomic E-state index is 14.0. The van der Waals surface area contributed by atoms with E-state index >= 15 is 0 Å². The molecule has 2 atom stereocenters. The van der Waals surface area contributed by atoms with Gasteiger partial charge in [-0.15, -0.1) is 0 Å². The average molecular weight is 878 g/mol. The molecule has 3 aromatic carbocycles. The van der Waals surface area contributed by atoms with Gasteiger partial charge in [0.15, 0.2) is 5.75 Å². The van der Waals surface area contributed by atoms with Crippen LogP contribution in [-0.2, 0) is 19.6 Å². The molecule has 3 aliphatic carbocycles. The fourth-order valence-electron chi connectivity index (χ4n) is 5.49. The Balaban J connectivity index is 1.56. The topological polar surface area (TPSA) is 89.9 Å². The summed E-state index contributed by atoms with van der Waals surface area (Å²) in [4.78, 5) is 13.9. The van der Waals surface area contributed by atoms with E-state index in [1.54, 1.807) is 0 Å². The minimum Gasteiger partial charge on any atom is -0.424 e. The van der Waals surface area contributed by atoms with E-state index in [4.69, 9.17) is 14.0 Å². The zero-order valence-corrected chi connectivity index (χ0v) is 26.6. The van der Waals surface area contributed by atoms with Crippen molar-refractivity contribution in [3.8, 4) is 5.75 Å². The summed E-state index contributed by atoms with van der Waals surface area (Å²) in [6.45, 7) is -1.87. The van der Waals surface area contributed by atoms with E-state index in [2.05, 4.69) is 67.8 Å². The molecule has 2 bridgehead atoms. The van der Waals surface area contributed by atoms with Crippen molar-refractivity contribution >= 4 is 83.9 Å². The Morgan fingerprint density at radius 1 is 0.895 bits per heavy atom. The van der Waals surface area contributed by atoms with Crippen molar-refractivity contribution in [2.75, 3.05) is 13.2 Å². The largest absolute Gasteiger partial charge is 0.424 e. The van der Waals surface area contributed by atoms with E-state index in [0.29, 0.717) is 5.75 Å². The highest BCUT2D eigenvalue weighted by molar-refractivity contribution is 14.1. The molecule has 2 unspecified atom stereocenters. The molecule has 1 N–H and O–H groups in total. The van der Waals surface area contributed by atoms with Crippen molar-refractivity contribution in [3.05, 3.63) is 93.6 Å². The van der Waals surface area contributed by atoms with Gasteiger partial charge in [-0.2, -0.15) is 17.2 Å². The van der Waals surface area contributed by atoms with Crippen LogP contribution in [0.2, 0.25) is 0 Å². The number of rotatable bonds is 7. The minimum atomic E-state index is -5.65. The van der Waals surface area contributed by atoms with Crippen LogP contribution in [0, 0.1) is 22.5 Å². The van der Waals surface area contributed by atoms with Gasteiger partial charge in [0.1, 0.15) is 6.61 Å². The van der Waals surface area contributed by atoms with Crippen LogP contribution in [0.5, 0.6) is 5.75 Å². The molecular formula is C26H19F2I3O6S. The quantitative estimate of drug-likeness (QED) is 0.128. The highest BCUT2D eigenvalue weighted by Gasteiger charge is 2.54. The zero-order valence-electron chi connectivity index (χ0n) is 19.3. The smallest absolute Gasteiger partial charge is 0.392 e. The van der Waals surface area contributed by atoms with Gasteiger partial charge in [0.2, 0.25) is 0 Å². The maximum absolute atomic E-state index is 14.0. The summed E-state index contributed by atoms with van der Waals surface area (Å²) in [7, 11) is -5.65. The summed E-state index contributed by atoms with van der Waals surface area (Å²) in [5.41, 5.74) is 3.86. The molecule has 0 radical (unpaired) electrons. The first kappa shape index (κ1) is 28.6. The molecule has 0 aromatic heterocycles. The molecule has 3 aromatic rings. The number of fused-ring (bicyclic) bond motifs is 1. The first-order valence-electron chi connectivity index (χ1n) is 11.4. The number of halogens is 5. The van der Waals surface area contributed by atoms with Crippen LogP contribution < -0.4 is 4.74 Å². The van der Waals surface area contributed by atoms with Crippen LogP contribution in [0.15, 0.2) is 60.7 Å². The van der Waals surface area contributed by atoms with Gasteiger partial charge in [0.05, 0.1) is 19.7 Å². The fourth-order valence-corrected chi connectivity index (χ4v) is 9.52. The lowest BCUT2D eigenvalue weighted by Crippen LogP contribution is -2.47. The molecule has 0 spiro atoms. The predicted molar refractivity (Wildman–Crippen MR) is 161 cm³/mol. The molecule has 38 heavy (non-hydrogen) atoms. The summed E-state index contributed by atoms with van der Waals surface area (Å²) in [6, 6.07) is 19.2. The second-order valence-corrected chi connectivity index (χ2v) is 14.3. The molecule has 200 valence electrons. The predicted octanol–water partition coefficient (Wildman–Crippen LogP) is 6.43. The van der Waals surface area contributed by atoms with Gasteiger partial charge in [-0.1, -0.05) is 48.5 Å². The first-order valence-corrected chi connectivity index (χ1v) is 16.0. The lowest BCUT2D eigenvalue weighted by Gasteiger charge is -2.49. The Labute approximate surface area is 259 Å². The highest BCUT2D eigenvalue weighted by atomic mass is 127. The van der Waals surface area contributed by atoms with E-state index in [9.17, 15) is 22.0 Å². The number of ether oxygens (including phenoxy) is 2. The van der Waals surface area contributed by atoms with Gasteiger partial charge in [-0.3, -0.25) is 9.35 Å². The number of carbonyl (C=O) groups excluding carboxylic acids is 1. The van der Waals surface area contributed by atoms with Crippen molar-refractivity contribution in [2.24, 2.45) is 11.8 Å². The van der Waals surface area contributed by atoms with Gasteiger partial charge in [-0.25, -0.2) is 0 Å². The van der Waals surface area contributed by atoms with E-state index in [1.807, 2.05) is 60.7 Å². The number of esters is 1. The van der Waals surface area contributed by atoms with Crippen LogP contribution in [-0.4, -0.2) is 37.4 Å². The Morgan fingerprint density at radius 2 is 1.37 bits per heavy atom. The molecule has 6 rings (SSSR count). The van der Waals surface area contributed by atoms with E-state index < -0.39 is 45.7 Å². The van der Waals surface area contributed by atoms with Crippen LogP contribution in [0.25, 0.3) is 0 Å². The molecule has 6 nitrogen and oxygen atoms in total. The molecule has 0 fully saturated rings. The Hall–Kier alpha value is -0.950. The molecule has 0 heterocycles. The summed E-state index contributed by atoms with van der Waals surface area (Å²) in [6.07, 6.45) is 0. The lowest BCUT2D eigenvalue weighted by molar-refractivity contribution is -0.144. The average Bonchev–Trinajstić information content (AvgIpc) is 2.85. The SMILES string of the molecule is O=C(Oc1c(I)cc(I)cc1I)C1C2c3ccccc3C(c3ccccc32)C1COCC(F)(F)S(=O)(=O)O. The van der Waals surface area contributed by atoms with Crippen LogP contribution >= 0.6 is 67.8 Å². The molecule has 12 heteroatoms. The molecule has 0 saturated heterocycles. The normalized spacial score (nSPS) is 22.1. The van der Waals surface area contributed by atoms with E-state index in [-0.39, 0.29) is 12.5 Å². The lowest BCUT2D eigenvalue weighted by atomic mass is 9.54. The number of benzene rings is 3. The van der Waals surface area contributed by atoms with Crippen molar-refractivity contribution in [1.82, 2.24) is 0 Å². The van der Waals surface area contributed by atoms with Crippen LogP contribution in [0.1, 0.15) is 34.1 Å². The van der Waals surface area contributed by atoms with E-state index in [1.165, 1.54) is 0 Å². The maximum Gasteiger partial charge on any atom is 0.392 e. The van der Waals surface area contributed by atoms with Crippen molar-refractivity contribution in [3.63, 3.8) is 0 Å². The Kier molecular flexibility index (Phi) is 8.12. The minimum absolute atomic E-state index is 0.338. The molecule has 0 saturated carbocycles. The van der Waals surface area contributed by atoms with Crippen molar-refractivity contribution < 1.29 is 36.0 Å². The fraction of sp³-hybridized carbons (Fsp3) is 0.269. The second-order valence-electron chi connectivity index (χ2n) is 9.15. The zero-order chi connectivity index (χ0) is 27.4.